The number of rotatable bonds is 6. The number of halogens is 17. The van der Waals surface area contributed by atoms with Gasteiger partial charge in [0.25, 0.3) is 5.92 Å². The second kappa shape index (κ2) is 7.73. The molecule has 0 unspecified atom stereocenters. The summed E-state index contributed by atoms with van der Waals surface area (Å²) in [6, 6.07) is 0. The van der Waals surface area contributed by atoms with Gasteiger partial charge in [0.15, 0.2) is 0 Å². The van der Waals surface area contributed by atoms with Crippen LogP contribution < -0.4 is 0 Å². The summed E-state index contributed by atoms with van der Waals surface area (Å²) in [5.74, 6) is -49.4. The van der Waals surface area contributed by atoms with Crippen LogP contribution in [0.1, 0.15) is 0 Å². The van der Waals surface area contributed by atoms with E-state index in [0.29, 0.717) is 0 Å². The monoisotopic (exact) mass is 629 g/mol. The van der Waals surface area contributed by atoms with Crippen LogP contribution in [0.2, 0.25) is 0 Å². The van der Waals surface area contributed by atoms with Gasteiger partial charge in [0.05, 0.1) is 6.43 Å². The SMILES string of the molecule is F[C-](F)C(F)(F)C(F)(F)C(F)(F)C(F)(F)C(F)(F)C(F)(F)C(F)(F)F.[CH3-].[Pt+2]. The van der Waals surface area contributed by atoms with Gasteiger partial charge in [-0.25, -0.2) is 8.78 Å². The van der Waals surface area contributed by atoms with Crippen LogP contribution in [-0.4, -0.2) is 41.7 Å². The molecule has 0 aliphatic heterocycles. The number of hydrogen-bond donors (Lipinski definition) is 0. The van der Waals surface area contributed by atoms with Crippen molar-refractivity contribution in [3.63, 3.8) is 0 Å². The fourth-order valence-corrected chi connectivity index (χ4v) is 1.09. The quantitative estimate of drug-likeness (QED) is 0.242. The molecule has 0 saturated carbocycles. The summed E-state index contributed by atoms with van der Waals surface area (Å²) in [7, 11) is 0. The maximum absolute atomic E-state index is 12.7. The number of hydrogen-bond acceptors (Lipinski definition) is 0. The third-order valence-electron chi connectivity index (χ3n) is 2.57. The van der Waals surface area contributed by atoms with Crippen LogP contribution >= 0.6 is 0 Å². The van der Waals surface area contributed by atoms with E-state index in [0.717, 1.165) is 0 Å². The first kappa shape index (κ1) is 31.2. The molecule has 0 amide bonds. The molecule has 0 saturated heterocycles. The average molecular weight is 629 g/mol. The molecule has 0 heterocycles. The molecule has 0 aliphatic rings. The topological polar surface area (TPSA) is 0 Å². The summed E-state index contributed by atoms with van der Waals surface area (Å²) < 4.78 is 209. The molecule has 0 atom stereocenters. The van der Waals surface area contributed by atoms with E-state index in [4.69, 9.17) is 0 Å². The zero-order valence-electron chi connectivity index (χ0n) is 11.7. The molecule has 0 radical (unpaired) electrons. The molecule has 0 aromatic heterocycles. The molecule has 0 aromatic carbocycles. The maximum atomic E-state index is 12.7. The molecule has 0 N–H and O–H groups in total. The van der Waals surface area contributed by atoms with E-state index in [1.165, 1.54) is 0 Å². The molecular formula is C9H3F17Pt. The fraction of sp³-hybridized carbons (Fsp3) is 0.778. The molecule has 27 heavy (non-hydrogen) atoms. The molecule has 168 valence electrons. The average Bonchev–Trinajstić information content (AvgIpc) is 2.35. The zero-order chi connectivity index (χ0) is 21.1. The summed E-state index contributed by atoms with van der Waals surface area (Å²) in [6.45, 7) is 0. The molecule has 0 spiro atoms. The Morgan fingerprint density at radius 3 is 0.852 bits per heavy atom. The minimum Gasteiger partial charge on any atom is -0.415 e. The normalized spacial score (nSPS) is 15.3. The Morgan fingerprint density at radius 1 is 0.407 bits per heavy atom. The van der Waals surface area contributed by atoms with Crippen molar-refractivity contribution in [3.05, 3.63) is 13.9 Å². The van der Waals surface area contributed by atoms with E-state index in [2.05, 4.69) is 0 Å². The van der Waals surface area contributed by atoms with E-state index < -0.39 is 48.1 Å². The molecule has 18 heteroatoms. The Hall–Kier alpha value is -0.502. The van der Waals surface area contributed by atoms with Crippen molar-refractivity contribution in [1.82, 2.24) is 0 Å². The smallest absolute Gasteiger partial charge is 0.415 e. The third-order valence-corrected chi connectivity index (χ3v) is 2.57. The summed E-state index contributed by atoms with van der Waals surface area (Å²) in [5, 5.41) is 0. The van der Waals surface area contributed by atoms with Gasteiger partial charge >= 0.3 is 56.9 Å². The van der Waals surface area contributed by atoms with Crippen molar-refractivity contribution >= 4 is 0 Å². The zero-order valence-corrected chi connectivity index (χ0v) is 14.0. The van der Waals surface area contributed by atoms with Gasteiger partial charge in [-0.05, 0) is 0 Å². The van der Waals surface area contributed by atoms with Crippen LogP contribution in [0.15, 0.2) is 0 Å². The van der Waals surface area contributed by atoms with Gasteiger partial charge in [0, 0.05) is 0 Å². The van der Waals surface area contributed by atoms with Crippen molar-refractivity contribution in [1.29, 1.82) is 0 Å². The van der Waals surface area contributed by atoms with Crippen molar-refractivity contribution < 1.29 is 95.7 Å². The Balaban J connectivity index is -0.00000288. The first-order chi connectivity index (χ1) is 10.4. The van der Waals surface area contributed by atoms with Crippen LogP contribution in [0.3, 0.4) is 0 Å². The minimum absolute atomic E-state index is 0. The molecule has 0 bridgehead atoms. The first-order valence-corrected chi connectivity index (χ1v) is 4.96. The second-order valence-corrected chi connectivity index (χ2v) is 4.20. The Bertz CT molecular complexity index is 489. The number of alkyl halides is 15. The van der Waals surface area contributed by atoms with Gasteiger partial charge in [-0.2, -0.15) is 57.1 Å². The van der Waals surface area contributed by atoms with E-state index in [-0.39, 0.29) is 28.5 Å². The van der Waals surface area contributed by atoms with Crippen molar-refractivity contribution in [2.45, 2.75) is 41.7 Å². The van der Waals surface area contributed by atoms with Gasteiger partial charge in [-0.3, -0.25) is 0 Å². The van der Waals surface area contributed by atoms with Crippen LogP contribution in [0.25, 0.3) is 0 Å². The van der Waals surface area contributed by atoms with Gasteiger partial charge in [-0.15, -0.1) is 0 Å². The first-order valence-electron chi connectivity index (χ1n) is 4.96. The van der Waals surface area contributed by atoms with Gasteiger partial charge in [0.1, 0.15) is 0 Å². The summed E-state index contributed by atoms with van der Waals surface area (Å²) in [4.78, 5) is 0. The minimum atomic E-state index is -8.55. The van der Waals surface area contributed by atoms with Crippen LogP contribution in [0.5, 0.6) is 0 Å². The predicted octanol–water partition coefficient (Wildman–Crippen LogP) is 6.24. The summed E-state index contributed by atoms with van der Waals surface area (Å²) >= 11 is 0. The van der Waals surface area contributed by atoms with Gasteiger partial charge < -0.3 is 16.2 Å². The molecular weight excluding hydrogens is 626 g/mol. The predicted molar refractivity (Wildman–Crippen MR) is 47.6 cm³/mol. The Labute approximate surface area is 152 Å². The van der Waals surface area contributed by atoms with E-state index >= 15 is 0 Å². The van der Waals surface area contributed by atoms with E-state index in [1.807, 2.05) is 0 Å². The van der Waals surface area contributed by atoms with E-state index in [1.54, 1.807) is 0 Å². The standard InChI is InChI=1S/C8F17.CH3.Pt/c9-1(10)2(11,12)3(13,14)4(15,16)5(17,18)6(19,20)7(21,22)8(23,24)25;;/h;1H3;/q2*-1;+2. The maximum Gasteiger partial charge on any atom is 2.00 e. The summed E-state index contributed by atoms with van der Waals surface area (Å²) in [6.07, 6.45) is -12.8. The molecule has 0 fully saturated rings. The van der Waals surface area contributed by atoms with Crippen molar-refractivity contribution in [2.24, 2.45) is 0 Å². The Morgan fingerprint density at radius 2 is 0.630 bits per heavy atom. The largest absolute Gasteiger partial charge is 2.00 e. The molecule has 0 rings (SSSR count). The van der Waals surface area contributed by atoms with Crippen molar-refractivity contribution in [2.75, 3.05) is 0 Å². The Kier molecular flexibility index (Phi) is 8.93. The van der Waals surface area contributed by atoms with Crippen LogP contribution in [0, 0.1) is 13.9 Å². The third kappa shape index (κ3) is 3.98. The van der Waals surface area contributed by atoms with Crippen LogP contribution in [0.4, 0.5) is 74.6 Å². The summed E-state index contributed by atoms with van der Waals surface area (Å²) in [5.41, 5.74) is 0. The van der Waals surface area contributed by atoms with Gasteiger partial charge in [0.2, 0.25) is 0 Å². The fourth-order valence-electron chi connectivity index (χ4n) is 1.09. The molecule has 0 aromatic rings. The molecule has 0 nitrogen and oxygen atoms in total. The van der Waals surface area contributed by atoms with Crippen molar-refractivity contribution in [3.8, 4) is 0 Å². The van der Waals surface area contributed by atoms with Gasteiger partial charge in [-0.1, -0.05) is 0 Å². The second-order valence-electron chi connectivity index (χ2n) is 4.20. The van der Waals surface area contributed by atoms with Crippen LogP contribution in [-0.2, 0) is 21.1 Å². The molecule has 0 aliphatic carbocycles. The van der Waals surface area contributed by atoms with E-state index in [9.17, 15) is 74.6 Å².